The van der Waals surface area contributed by atoms with Crippen LogP contribution in [0.3, 0.4) is 0 Å². The molecule has 0 saturated carbocycles. The summed E-state index contributed by atoms with van der Waals surface area (Å²) in [6, 6.07) is 11.0. The summed E-state index contributed by atoms with van der Waals surface area (Å²) in [4.78, 5) is 12.0. The summed E-state index contributed by atoms with van der Waals surface area (Å²) in [5.74, 6) is 0. The molecule has 0 unspecified atom stereocenters. The van der Waals surface area contributed by atoms with Gasteiger partial charge in [0.05, 0.1) is 0 Å². The Morgan fingerprint density at radius 1 is 1.00 bits per heavy atom. The molecule has 2 N–H and O–H groups in total. The maximum absolute atomic E-state index is 12.0. The van der Waals surface area contributed by atoms with Crippen LogP contribution in [0.4, 0.5) is 16.2 Å². The highest BCUT2D eigenvalue weighted by atomic mass is 35.5. The summed E-state index contributed by atoms with van der Waals surface area (Å²) in [6.45, 7) is 5.86. The van der Waals surface area contributed by atoms with Crippen molar-refractivity contribution in [1.82, 2.24) is 0 Å². The van der Waals surface area contributed by atoms with E-state index in [0.717, 1.165) is 16.8 Å². The zero-order valence-corrected chi connectivity index (χ0v) is 12.5. The number of rotatable bonds is 2. The third kappa shape index (κ3) is 3.31. The molecule has 0 spiro atoms. The summed E-state index contributed by atoms with van der Waals surface area (Å²) < 4.78 is 0. The summed E-state index contributed by atoms with van der Waals surface area (Å²) in [7, 11) is 0. The standard InChI is InChI=1S/C16H17ClN2O/c1-10-7-8-14(11(2)9-10)18-16(20)19-15-6-4-5-13(17)12(15)3/h4-9H,1-3H3,(H2,18,19,20). The van der Waals surface area contributed by atoms with Crippen LogP contribution in [0, 0.1) is 20.8 Å². The number of hydrogen-bond donors (Lipinski definition) is 2. The second-order valence-electron chi connectivity index (χ2n) is 4.81. The molecule has 0 atom stereocenters. The van der Waals surface area contributed by atoms with Crippen LogP contribution in [0.1, 0.15) is 16.7 Å². The van der Waals surface area contributed by atoms with E-state index < -0.39 is 0 Å². The molecule has 104 valence electrons. The number of hydrogen-bond acceptors (Lipinski definition) is 1. The van der Waals surface area contributed by atoms with E-state index in [1.807, 2.05) is 51.1 Å². The zero-order valence-electron chi connectivity index (χ0n) is 11.8. The van der Waals surface area contributed by atoms with Crippen molar-refractivity contribution in [2.24, 2.45) is 0 Å². The first kappa shape index (κ1) is 14.4. The molecule has 0 heterocycles. The Morgan fingerprint density at radius 2 is 1.70 bits per heavy atom. The van der Waals surface area contributed by atoms with Crippen molar-refractivity contribution in [2.75, 3.05) is 10.6 Å². The van der Waals surface area contributed by atoms with Gasteiger partial charge in [-0.05, 0) is 50.1 Å². The molecule has 2 aromatic rings. The molecule has 0 bridgehead atoms. The van der Waals surface area contributed by atoms with Crippen molar-refractivity contribution in [3.63, 3.8) is 0 Å². The SMILES string of the molecule is Cc1ccc(NC(=O)Nc2cccc(Cl)c2C)c(C)c1. The van der Waals surface area contributed by atoms with Crippen molar-refractivity contribution in [3.8, 4) is 0 Å². The average molecular weight is 289 g/mol. The van der Waals surface area contributed by atoms with Gasteiger partial charge in [-0.15, -0.1) is 0 Å². The van der Waals surface area contributed by atoms with Gasteiger partial charge in [0, 0.05) is 16.4 Å². The van der Waals surface area contributed by atoms with E-state index in [0.29, 0.717) is 10.7 Å². The van der Waals surface area contributed by atoms with Crippen LogP contribution in [-0.4, -0.2) is 6.03 Å². The minimum absolute atomic E-state index is 0.276. The maximum atomic E-state index is 12.0. The Kier molecular flexibility index (Phi) is 4.30. The van der Waals surface area contributed by atoms with Crippen LogP contribution in [0.15, 0.2) is 36.4 Å². The molecule has 0 aliphatic heterocycles. The summed E-state index contributed by atoms with van der Waals surface area (Å²) in [5.41, 5.74) is 4.56. The third-order valence-electron chi connectivity index (χ3n) is 3.15. The van der Waals surface area contributed by atoms with Crippen molar-refractivity contribution in [3.05, 3.63) is 58.1 Å². The predicted molar refractivity (Wildman–Crippen MR) is 84.7 cm³/mol. The van der Waals surface area contributed by atoms with Crippen molar-refractivity contribution < 1.29 is 4.79 Å². The lowest BCUT2D eigenvalue weighted by molar-refractivity contribution is 0.262. The molecule has 2 aromatic carbocycles. The van der Waals surface area contributed by atoms with Gasteiger partial charge >= 0.3 is 6.03 Å². The molecule has 0 aromatic heterocycles. The Balaban J connectivity index is 2.11. The number of anilines is 2. The van der Waals surface area contributed by atoms with Gasteiger partial charge in [0.15, 0.2) is 0 Å². The summed E-state index contributed by atoms with van der Waals surface area (Å²) in [5, 5.41) is 6.28. The Bertz CT molecular complexity index is 653. The van der Waals surface area contributed by atoms with E-state index in [1.165, 1.54) is 5.56 Å². The van der Waals surface area contributed by atoms with Gasteiger partial charge in [-0.25, -0.2) is 4.79 Å². The van der Waals surface area contributed by atoms with Crippen LogP contribution in [0.2, 0.25) is 5.02 Å². The first-order valence-electron chi connectivity index (χ1n) is 6.38. The van der Waals surface area contributed by atoms with Crippen molar-refractivity contribution in [1.29, 1.82) is 0 Å². The monoisotopic (exact) mass is 288 g/mol. The Morgan fingerprint density at radius 3 is 2.40 bits per heavy atom. The highest BCUT2D eigenvalue weighted by Gasteiger charge is 2.08. The first-order chi connectivity index (χ1) is 9.47. The summed E-state index contributed by atoms with van der Waals surface area (Å²) >= 11 is 6.03. The van der Waals surface area contributed by atoms with Crippen molar-refractivity contribution >= 4 is 29.0 Å². The fourth-order valence-electron chi connectivity index (χ4n) is 1.97. The number of nitrogens with one attached hydrogen (secondary N) is 2. The quantitative estimate of drug-likeness (QED) is 0.810. The molecule has 0 radical (unpaired) electrons. The molecular formula is C16H17ClN2O. The van der Waals surface area contributed by atoms with Crippen LogP contribution < -0.4 is 10.6 Å². The number of carbonyl (C=O) groups excluding carboxylic acids is 1. The zero-order chi connectivity index (χ0) is 14.7. The van der Waals surface area contributed by atoms with E-state index in [4.69, 9.17) is 11.6 Å². The minimum Gasteiger partial charge on any atom is -0.307 e. The van der Waals surface area contributed by atoms with Gasteiger partial charge in [-0.1, -0.05) is 35.4 Å². The average Bonchev–Trinajstić information content (AvgIpc) is 2.38. The van der Waals surface area contributed by atoms with Gasteiger partial charge in [0.1, 0.15) is 0 Å². The van der Waals surface area contributed by atoms with Crippen LogP contribution >= 0.6 is 11.6 Å². The molecule has 4 heteroatoms. The smallest absolute Gasteiger partial charge is 0.307 e. The molecule has 0 fully saturated rings. The first-order valence-corrected chi connectivity index (χ1v) is 6.75. The molecule has 0 aliphatic rings. The predicted octanol–water partition coefficient (Wildman–Crippen LogP) is 4.91. The largest absolute Gasteiger partial charge is 0.323 e. The Hall–Kier alpha value is -2.00. The second kappa shape index (κ2) is 5.97. The van der Waals surface area contributed by atoms with Gasteiger partial charge in [-0.3, -0.25) is 0 Å². The van der Waals surface area contributed by atoms with Crippen LogP contribution in [0.5, 0.6) is 0 Å². The molecule has 0 saturated heterocycles. The second-order valence-corrected chi connectivity index (χ2v) is 5.22. The molecule has 0 aliphatic carbocycles. The van der Waals surface area contributed by atoms with Gasteiger partial charge in [0.2, 0.25) is 0 Å². The molecule has 3 nitrogen and oxygen atoms in total. The maximum Gasteiger partial charge on any atom is 0.323 e. The van der Waals surface area contributed by atoms with E-state index >= 15 is 0 Å². The Labute approximate surface area is 124 Å². The van der Waals surface area contributed by atoms with E-state index in [-0.39, 0.29) is 6.03 Å². The van der Waals surface area contributed by atoms with E-state index in [1.54, 1.807) is 6.07 Å². The molecular weight excluding hydrogens is 272 g/mol. The number of benzene rings is 2. The minimum atomic E-state index is -0.276. The number of amides is 2. The van der Waals surface area contributed by atoms with E-state index in [9.17, 15) is 4.79 Å². The fraction of sp³-hybridized carbons (Fsp3) is 0.188. The highest BCUT2D eigenvalue weighted by Crippen LogP contribution is 2.23. The van der Waals surface area contributed by atoms with Crippen LogP contribution in [0.25, 0.3) is 0 Å². The number of aryl methyl sites for hydroxylation is 2. The lowest BCUT2D eigenvalue weighted by atomic mass is 10.1. The lowest BCUT2D eigenvalue weighted by Crippen LogP contribution is -2.20. The van der Waals surface area contributed by atoms with Crippen LogP contribution in [-0.2, 0) is 0 Å². The van der Waals surface area contributed by atoms with Gasteiger partial charge in [-0.2, -0.15) is 0 Å². The van der Waals surface area contributed by atoms with Gasteiger partial charge in [0.25, 0.3) is 0 Å². The fourth-order valence-corrected chi connectivity index (χ4v) is 2.15. The molecule has 2 rings (SSSR count). The summed E-state index contributed by atoms with van der Waals surface area (Å²) in [6.07, 6.45) is 0. The van der Waals surface area contributed by atoms with Crippen molar-refractivity contribution in [2.45, 2.75) is 20.8 Å². The molecule has 2 amide bonds. The lowest BCUT2D eigenvalue weighted by Gasteiger charge is -2.12. The number of halogens is 1. The highest BCUT2D eigenvalue weighted by molar-refractivity contribution is 6.31. The third-order valence-corrected chi connectivity index (χ3v) is 3.56. The normalized spacial score (nSPS) is 10.2. The van der Waals surface area contributed by atoms with E-state index in [2.05, 4.69) is 10.6 Å². The van der Waals surface area contributed by atoms with Gasteiger partial charge < -0.3 is 10.6 Å². The molecule has 20 heavy (non-hydrogen) atoms. The number of carbonyl (C=O) groups is 1. The number of urea groups is 1. The topological polar surface area (TPSA) is 41.1 Å².